The number of benzene rings is 1. The first-order valence-corrected chi connectivity index (χ1v) is 3.67. The van der Waals surface area contributed by atoms with Gasteiger partial charge in [0.15, 0.2) is 0 Å². The predicted octanol–water partition coefficient (Wildman–Crippen LogP) is 0.305. The predicted molar refractivity (Wildman–Crippen MR) is 48.5 cm³/mol. The average Bonchev–Trinajstić information content (AvgIpc) is 2.02. The van der Waals surface area contributed by atoms with E-state index in [4.69, 9.17) is 11.5 Å². The lowest BCUT2D eigenvalue weighted by atomic mass is 10.2. The molecule has 70 valence electrons. The third kappa shape index (κ3) is 2.62. The summed E-state index contributed by atoms with van der Waals surface area (Å²) in [6.07, 6.45) is 0. The molecular weight excluding hydrogens is 173 g/mol. The molecule has 0 heterocycles. The average molecular weight is 183 g/mol. The van der Waals surface area contributed by atoms with Crippen molar-refractivity contribution in [3.05, 3.63) is 24.0 Å². The lowest BCUT2D eigenvalue weighted by Crippen LogP contribution is -2.22. The second kappa shape index (κ2) is 3.75. The summed E-state index contributed by atoms with van der Waals surface area (Å²) in [5.41, 5.74) is 11.1. The molecule has 1 rings (SSSR count). The van der Waals surface area contributed by atoms with Gasteiger partial charge in [0.1, 0.15) is 5.82 Å². The standard InChI is InChI=1S/C8H10FN3O/c9-5-1-2-7(6(10)3-5)12-4-8(11)13/h1-3,12H,4,10H2,(H2,11,13). The molecule has 1 aromatic rings. The van der Waals surface area contributed by atoms with Gasteiger partial charge < -0.3 is 16.8 Å². The lowest BCUT2D eigenvalue weighted by molar-refractivity contribution is -0.116. The monoisotopic (exact) mass is 183 g/mol. The summed E-state index contributed by atoms with van der Waals surface area (Å²) in [7, 11) is 0. The Bertz CT molecular complexity index is 327. The van der Waals surface area contributed by atoms with Gasteiger partial charge in [0.05, 0.1) is 17.9 Å². The van der Waals surface area contributed by atoms with Crippen LogP contribution in [0.5, 0.6) is 0 Å². The molecule has 4 nitrogen and oxygen atoms in total. The maximum Gasteiger partial charge on any atom is 0.236 e. The van der Waals surface area contributed by atoms with Gasteiger partial charge in [-0.05, 0) is 18.2 Å². The molecule has 1 amide bonds. The number of amides is 1. The summed E-state index contributed by atoms with van der Waals surface area (Å²) in [5, 5.41) is 2.67. The Morgan fingerprint density at radius 2 is 2.23 bits per heavy atom. The highest BCUT2D eigenvalue weighted by atomic mass is 19.1. The minimum atomic E-state index is -0.497. The van der Waals surface area contributed by atoms with Crippen molar-refractivity contribution in [1.82, 2.24) is 0 Å². The number of anilines is 2. The molecule has 0 atom stereocenters. The molecule has 0 saturated carbocycles. The fourth-order valence-electron chi connectivity index (χ4n) is 0.877. The summed E-state index contributed by atoms with van der Waals surface area (Å²) in [4.78, 5) is 10.4. The molecule has 5 N–H and O–H groups in total. The largest absolute Gasteiger partial charge is 0.397 e. The zero-order valence-electron chi connectivity index (χ0n) is 6.88. The molecular formula is C8H10FN3O. The van der Waals surface area contributed by atoms with Gasteiger partial charge in [-0.3, -0.25) is 4.79 Å². The van der Waals surface area contributed by atoms with Gasteiger partial charge in [-0.2, -0.15) is 0 Å². The van der Waals surface area contributed by atoms with Crippen LogP contribution in [-0.2, 0) is 4.79 Å². The number of rotatable bonds is 3. The fraction of sp³-hybridized carbons (Fsp3) is 0.125. The molecule has 13 heavy (non-hydrogen) atoms. The van der Waals surface area contributed by atoms with Crippen LogP contribution in [0.15, 0.2) is 18.2 Å². The van der Waals surface area contributed by atoms with E-state index in [0.717, 1.165) is 0 Å². The number of hydrogen-bond donors (Lipinski definition) is 3. The van der Waals surface area contributed by atoms with Gasteiger partial charge in [0, 0.05) is 0 Å². The van der Waals surface area contributed by atoms with Gasteiger partial charge in [0.25, 0.3) is 0 Å². The number of carbonyl (C=O) groups excluding carboxylic acids is 1. The number of carbonyl (C=O) groups is 1. The van der Waals surface area contributed by atoms with Crippen LogP contribution >= 0.6 is 0 Å². The van der Waals surface area contributed by atoms with E-state index in [-0.39, 0.29) is 12.2 Å². The fourth-order valence-corrected chi connectivity index (χ4v) is 0.877. The Hall–Kier alpha value is -1.78. The highest BCUT2D eigenvalue weighted by Gasteiger charge is 2.00. The highest BCUT2D eigenvalue weighted by Crippen LogP contribution is 2.18. The summed E-state index contributed by atoms with van der Waals surface area (Å²) < 4.78 is 12.5. The molecule has 1 aromatic carbocycles. The van der Waals surface area contributed by atoms with E-state index in [2.05, 4.69) is 5.32 Å². The lowest BCUT2D eigenvalue weighted by Gasteiger charge is -2.06. The first kappa shape index (κ1) is 9.31. The molecule has 0 bridgehead atoms. The van der Waals surface area contributed by atoms with Crippen molar-refractivity contribution in [2.24, 2.45) is 5.73 Å². The maximum atomic E-state index is 12.5. The molecule has 0 aliphatic carbocycles. The second-order valence-corrected chi connectivity index (χ2v) is 2.55. The van der Waals surface area contributed by atoms with Gasteiger partial charge in [-0.25, -0.2) is 4.39 Å². The molecule has 0 saturated heterocycles. The molecule has 0 spiro atoms. The summed E-state index contributed by atoms with van der Waals surface area (Å²) in [6.45, 7) is -0.0180. The normalized spacial score (nSPS) is 9.62. The van der Waals surface area contributed by atoms with Crippen LogP contribution in [-0.4, -0.2) is 12.5 Å². The number of nitrogens with one attached hydrogen (secondary N) is 1. The summed E-state index contributed by atoms with van der Waals surface area (Å²) in [5.74, 6) is -0.911. The smallest absolute Gasteiger partial charge is 0.236 e. The number of hydrogen-bond acceptors (Lipinski definition) is 3. The molecule has 0 aliphatic rings. The van der Waals surface area contributed by atoms with Crippen LogP contribution in [0.4, 0.5) is 15.8 Å². The number of nitrogens with two attached hydrogens (primary N) is 2. The summed E-state index contributed by atoms with van der Waals surface area (Å²) >= 11 is 0. The van der Waals surface area contributed by atoms with Crippen LogP contribution in [0.25, 0.3) is 0 Å². The van der Waals surface area contributed by atoms with Crippen molar-refractivity contribution >= 4 is 17.3 Å². The van der Waals surface area contributed by atoms with Crippen LogP contribution in [0, 0.1) is 5.82 Å². The van der Waals surface area contributed by atoms with E-state index < -0.39 is 11.7 Å². The van der Waals surface area contributed by atoms with E-state index in [1.807, 2.05) is 0 Å². The quantitative estimate of drug-likeness (QED) is 0.590. The van der Waals surface area contributed by atoms with Crippen molar-refractivity contribution in [3.63, 3.8) is 0 Å². The van der Waals surface area contributed by atoms with Crippen molar-refractivity contribution < 1.29 is 9.18 Å². The number of nitrogen functional groups attached to an aromatic ring is 1. The molecule has 0 aromatic heterocycles. The molecule has 0 aliphatic heterocycles. The third-order valence-corrected chi connectivity index (χ3v) is 1.47. The first-order valence-electron chi connectivity index (χ1n) is 3.67. The first-order chi connectivity index (χ1) is 6.09. The van der Waals surface area contributed by atoms with Crippen molar-refractivity contribution in [2.45, 2.75) is 0 Å². The third-order valence-electron chi connectivity index (χ3n) is 1.47. The van der Waals surface area contributed by atoms with Gasteiger partial charge in [-0.1, -0.05) is 0 Å². The van der Waals surface area contributed by atoms with E-state index >= 15 is 0 Å². The van der Waals surface area contributed by atoms with Crippen molar-refractivity contribution in [3.8, 4) is 0 Å². The van der Waals surface area contributed by atoms with Crippen LogP contribution in [0.2, 0.25) is 0 Å². The Morgan fingerprint density at radius 3 is 2.77 bits per heavy atom. The molecule has 0 radical (unpaired) electrons. The number of primary amides is 1. The Balaban J connectivity index is 2.72. The summed E-state index contributed by atoms with van der Waals surface area (Å²) in [6, 6.07) is 3.87. The zero-order valence-corrected chi connectivity index (χ0v) is 6.88. The minimum Gasteiger partial charge on any atom is -0.397 e. The SMILES string of the molecule is NC(=O)CNc1ccc(F)cc1N. The van der Waals surface area contributed by atoms with Crippen molar-refractivity contribution in [1.29, 1.82) is 0 Å². The van der Waals surface area contributed by atoms with Crippen molar-refractivity contribution in [2.75, 3.05) is 17.6 Å². The van der Waals surface area contributed by atoms with Crippen LogP contribution in [0.3, 0.4) is 0 Å². The number of halogens is 1. The second-order valence-electron chi connectivity index (χ2n) is 2.55. The van der Waals surface area contributed by atoms with E-state index in [0.29, 0.717) is 5.69 Å². The highest BCUT2D eigenvalue weighted by molar-refractivity contribution is 5.80. The van der Waals surface area contributed by atoms with Crippen LogP contribution in [0.1, 0.15) is 0 Å². The Morgan fingerprint density at radius 1 is 1.54 bits per heavy atom. The Labute approximate surface area is 74.7 Å². The van der Waals surface area contributed by atoms with Crippen LogP contribution < -0.4 is 16.8 Å². The molecule has 5 heteroatoms. The van der Waals surface area contributed by atoms with Gasteiger partial charge in [0.2, 0.25) is 5.91 Å². The van der Waals surface area contributed by atoms with Gasteiger partial charge >= 0.3 is 0 Å². The topological polar surface area (TPSA) is 81.1 Å². The zero-order chi connectivity index (χ0) is 9.84. The van der Waals surface area contributed by atoms with E-state index in [1.54, 1.807) is 0 Å². The molecule has 0 unspecified atom stereocenters. The minimum absolute atomic E-state index is 0.0180. The molecule has 0 fully saturated rings. The Kier molecular flexibility index (Phi) is 2.69. The van der Waals surface area contributed by atoms with E-state index in [1.165, 1.54) is 18.2 Å². The van der Waals surface area contributed by atoms with Gasteiger partial charge in [-0.15, -0.1) is 0 Å². The maximum absolute atomic E-state index is 12.5. The van der Waals surface area contributed by atoms with E-state index in [9.17, 15) is 9.18 Å².